The molecule has 0 aliphatic heterocycles. The molecule has 0 aliphatic rings. The largest absolute Gasteiger partial charge is 0.496 e. The van der Waals surface area contributed by atoms with Crippen molar-refractivity contribution in [3.8, 4) is 5.75 Å². The second kappa shape index (κ2) is 7.01. The van der Waals surface area contributed by atoms with Crippen molar-refractivity contribution in [2.24, 2.45) is 0 Å². The van der Waals surface area contributed by atoms with E-state index < -0.39 is 5.97 Å². The number of para-hydroxylation sites is 1. The van der Waals surface area contributed by atoms with Crippen molar-refractivity contribution in [3.05, 3.63) is 29.8 Å². The smallest absolute Gasteiger partial charge is 0.303 e. The molecule has 0 aliphatic carbocycles. The predicted molar refractivity (Wildman–Crippen MR) is 70.9 cm³/mol. The topological polar surface area (TPSA) is 49.8 Å². The molecular formula is C14H21NO3. The van der Waals surface area contributed by atoms with Crippen molar-refractivity contribution in [2.45, 2.75) is 25.8 Å². The molecule has 1 aromatic rings. The van der Waals surface area contributed by atoms with Gasteiger partial charge in [0, 0.05) is 18.0 Å². The summed E-state index contributed by atoms with van der Waals surface area (Å²) in [5, 5.41) is 8.63. The third-order valence-corrected chi connectivity index (χ3v) is 3.15. The van der Waals surface area contributed by atoms with Gasteiger partial charge < -0.3 is 9.84 Å². The molecule has 0 spiro atoms. The Morgan fingerprint density at radius 1 is 1.44 bits per heavy atom. The van der Waals surface area contributed by atoms with Crippen LogP contribution in [0.25, 0.3) is 0 Å². The first-order valence-corrected chi connectivity index (χ1v) is 6.11. The number of carbonyl (C=O) groups is 1. The van der Waals surface area contributed by atoms with Gasteiger partial charge >= 0.3 is 5.97 Å². The lowest BCUT2D eigenvalue weighted by molar-refractivity contribution is -0.137. The Balaban J connectivity index is 2.62. The first-order valence-electron chi connectivity index (χ1n) is 6.11. The maximum atomic E-state index is 10.5. The van der Waals surface area contributed by atoms with Gasteiger partial charge in [0.25, 0.3) is 0 Å². The average Bonchev–Trinajstić information content (AvgIpc) is 2.37. The lowest BCUT2D eigenvalue weighted by atomic mass is 10.1. The van der Waals surface area contributed by atoms with Crippen LogP contribution in [0.15, 0.2) is 24.3 Å². The minimum atomic E-state index is -0.742. The number of methoxy groups -OCH3 is 1. The SMILES string of the molecule is COc1ccccc1C(C)N(C)CCCC(=O)O. The third-order valence-electron chi connectivity index (χ3n) is 3.15. The Kier molecular flexibility index (Phi) is 5.65. The maximum absolute atomic E-state index is 10.5. The Hall–Kier alpha value is -1.55. The summed E-state index contributed by atoms with van der Waals surface area (Å²) < 4.78 is 5.34. The van der Waals surface area contributed by atoms with Crippen LogP contribution >= 0.6 is 0 Å². The zero-order valence-corrected chi connectivity index (χ0v) is 11.2. The molecule has 1 rings (SSSR count). The Morgan fingerprint density at radius 2 is 2.11 bits per heavy atom. The lowest BCUT2D eigenvalue weighted by Gasteiger charge is -2.26. The summed E-state index contributed by atoms with van der Waals surface area (Å²) in [5.74, 6) is 0.128. The van der Waals surface area contributed by atoms with Crippen molar-refractivity contribution in [1.82, 2.24) is 4.90 Å². The van der Waals surface area contributed by atoms with Gasteiger partial charge in [-0.25, -0.2) is 0 Å². The molecule has 1 N–H and O–H groups in total. The number of aliphatic carboxylic acids is 1. The molecule has 1 unspecified atom stereocenters. The molecule has 0 saturated carbocycles. The molecule has 0 bridgehead atoms. The van der Waals surface area contributed by atoms with Crippen molar-refractivity contribution >= 4 is 5.97 Å². The van der Waals surface area contributed by atoms with Gasteiger partial charge in [0.15, 0.2) is 0 Å². The van der Waals surface area contributed by atoms with Crippen molar-refractivity contribution in [2.75, 3.05) is 20.7 Å². The van der Waals surface area contributed by atoms with Crippen molar-refractivity contribution in [1.29, 1.82) is 0 Å². The Bertz CT molecular complexity index is 392. The normalized spacial score (nSPS) is 12.4. The molecule has 0 heterocycles. The quantitative estimate of drug-likeness (QED) is 0.809. The highest BCUT2D eigenvalue weighted by Gasteiger charge is 2.15. The fourth-order valence-electron chi connectivity index (χ4n) is 1.92. The van der Waals surface area contributed by atoms with Gasteiger partial charge in [-0.3, -0.25) is 9.69 Å². The lowest BCUT2D eigenvalue weighted by Crippen LogP contribution is -2.24. The second-order valence-electron chi connectivity index (χ2n) is 4.40. The first-order chi connectivity index (χ1) is 8.56. The highest BCUT2D eigenvalue weighted by Crippen LogP contribution is 2.27. The van der Waals surface area contributed by atoms with Crippen LogP contribution in [0.4, 0.5) is 0 Å². The monoisotopic (exact) mass is 251 g/mol. The fraction of sp³-hybridized carbons (Fsp3) is 0.500. The van der Waals surface area contributed by atoms with Crippen LogP contribution in [0.3, 0.4) is 0 Å². The van der Waals surface area contributed by atoms with Crippen molar-refractivity contribution < 1.29 is 14.6 Å². The van der Waals surface area contributed by atoms with Crippen LogP contribution in [0.5, 0.6) is 5.75 Å². The molecule has 0 saturated heterocycles. The number of hydrogen-bond donors (Lipinski definition) is 1. The minimum absolute atomic E-state index is 0.204. The number of rotatable bonds is 7. The van der Waals surface area contributed by atoms with E-state index in [0.717, 1.165) is 17.9 Å². The molecule has 4 heteroatoms. The van der Waals surface area contributed by atoms with Crippen molar-refractivity contribution in [3.63, 3.8) is 0 Å². The summed E-state index contributed by atoms with van der Waals surface area (Å²) in [7, 11) is 3.66. The van der Waals surface area contributed by atoms with Gasteiger partial charge in [-0.1, -0.05) is 18.2 Å². The summed E-state index contributed by atoms with van der Waals surface area (Å²) >= 11 is 0. The van der Waals surface area contributed by atoms with E-state index in [2.05, 4.69) is 11.8 Å². The molecule has 100 valence electrons. The summed E-state index contributed by atoms with van der Waals surface area (Å²) in [4.78, 5) is 12.6. The van der Waals surface area contributed by atoms with E-state index >= 15 is 0 Å². The van der Waals surface area contributed by atoms with Gasteiger partial charge in [0.1, 0.15) is 5.75 Å². The number of carboxylic acid groups (broad SMARTS) is 1. The molecule has 0 amide bonds. The number of carboxylic acids is 1. The molecule has 18 heavy (non-hydrogen) atoms. The Morgan fingerprint density at radius 3 is 2.72 bits per heavy atom. The van der Waals surface area contributed by atoms with Crippen LogP contribution in [0, 0.1) is 0 Å². The number of benzene rings is 1. The third kappa shape index (κ3) is 4.04. The van der Waals surface area contributed by atoms with Gasteiger partial charge in [0.05, 0.1) is 7.11 Å². The maximum Gasteiger partial charge on any atom is 0.303 e. The summed E-state index contributed by atoms with van der Waals surface area (Å²) in [6.07, 6.45) is 0.869. The van der Waals surface area contributed by atoms with Gasteiger partial charge in [0.2, 0.25) is 0 Å². The summed E-state index contributed by atoms with van der Waals surface area (Å²) in [6, 6.07) is 8.11. The molecule has 4 nitrogen and oxygen atoms in total. The van der Waals surface area contributed by atoms with E-state index in [4.69, 9.17) is 9.84 Å². The number of hydrogen-bond acceptors (Lipinski definition) is 3. The first kappa shape index (κ1) is 14.5. The number of nitrogens with zero attached hydrogens (tertiary/aromatic N) is 1. The molecule has 0 aromatic heterocycles. The predicted octanol–water partition coefficient (Wildman–Crippen LogP) is 2.55. The molecule has 1 aromatic carbocycles. The van der Waals surface area contributed by atoms with Crippen LogP contribution in [0.1, 0.15) is 31.4 Å². The highest BCUT2D eigenvalue weighted by molar-refractivity contribution is 5.66. The molecule has 1 atom stereocenters. The van der Waals surface area contributed by atoms with E-state index in [1.54, 1.807) is 7.11 Å². The van der Waals surface area contributed by atoms with E-state index in [-0.39, 0.29) is 12.5 Å². The Labute approximate surface area is 108 Å². The minimum Gasteiger partial charge on any atom is -0.496 e. The van der Waals surface area contributed by atoms with E-state index in [1.807, 2.05) is 31.3 Å². The number of ether oxygens (including phenoxy) is 1. The molecule has 0 fully saturated rings. The average molecular weight is 251 g/mol. The highest BCUT2D eigenvalue weighted by atomic mass is 16.5. The standard InChI is InChI=1S/C14H21NO3/c1-11(15(2)10-6-9-14(16)17)12-7-4-5-8-13(12)18-3/h4-5,7-8,11H,6,9-10H2,1-3H3,(H,16,17). The van der Waals surface area contributed by atoms with Crippen LogP contribution in [-0.4, -0.2) is 36.7 Å². The van der Waals surface area contributed by atoms with E-state index in [1.165, 1.54) is 0 Å². The molecule has 0 radical (unpaired) electrons. The fourth-order valence-corrected chi connectivity index (χ4v) is 1.92. The van der Waals surface area contributed by atoms with Gasteiger partial charge in [-0.15, -0.1) is 0 Å². The van der Waals surface area contributed by atoms with Crippen LogP contribution in [0.2, 0.25) is 0 Å². The summed E-state index contributed by atoms with van der Waals surface area (Å²) in [5.41, 5.74) is 1.12. The van der Waals surface area contributed by atoms with Crippen LogP contribution in [-0.2, 0) is 4.79 Å². The van der Waals surface area contributed by atoms with Crippen LogP contribution < -0.4 is 4.74 Å². The van der Waals surface area contributed by atoms with E-state index in [0.29, 0.717) is 6.42 Å². The zero-order valence-electron chi connectivity index (χ0n) is 11.2. The van der Waals surface area contributed by atoms with Gasteiger partial charge in [-0.05, 0) is 33.0 Å². The van der Waals surface area contributed by atoms with E-state index in [9.17, 15) is 4.79 Å². The molecular weight excluding hydrogens is 230 g/mol. The summed E-state index contributed by atoms with van der Waals surface area (Å²) in [6.45, 7) is 2.85. The second-order valence-corrected chi connectivity index (χ2v) is 4.40. The van der Waals surface area contributed by atoms with Gasteiger partial charge in [-0.2, -0.15) is 0 Å². The zero-order chi connectivity index (χ0) is 13.5.